The van der Waals surface area contributed by atoms with Gasteiger partial charge >= 0.3 is 0 Å². The first-order chi connectivity index (χ1) is 9.78. The summed E-state index contributed by atoms with van der Waals surface area (Å²) in [6.45, 7) is 1.64. The minimum Gasteiger partial charge on any atom is -0.356 e. The number of carbonyl (C=O) groups excluding carboxylic acids is 1. The standard InChI is InChI=1S/C15H28N4O.HI/c1-16-15(18-11-12-7-8-12)17-10-9-14(20)19-13-5-3-2-4-6-13;/h12-13H,2-11H2,1H3,(H,19,20)(H2,16,17,18);1H. The minimum absolute atomic E-state index is 0. The second-order valence-corrected chi connectivity index (χ2v) is 5.98. The van der Waals surface area contributed by atoms with E-state index in [-0.39, 0.29) is 29.9 Å². The van der Waals surface area contributed by atoms with Gasteiger partial charge in [0.15, 0.2) is 5.96 Å². The predicted molar refractivity (Wildman–Crippen MR) is 97.1 cm³/mol. The van der Waals surface area contributed by atoms with E-state index < -0.39 is 0 Å². The number of carbonyl (C=O) groups is 1. The number of guanidine groups is 1. The van der Waals surface area contributed by atoms with Crippen molar-refractivity contribution in [2.24, 2.45) is 10.9 Å². The molecule has 0 aromatic heterocycles. The summed E-state index contributed by atoms with van der Waals surface area (Å²) in [6.07, 6.45) is 9.27. The van der Waals surface area contributed by atoms with E-state index in [0.29, 0.717) is 19.0 Å². The van der Waals surface area contributed by atoms with E-state index in [1.807, 2.05) is 0 Å². The van der Waals surface area contributed by atoms with Gasteiger partial charge in [0, 0.05) is 32.6 Å². The highest BCUT2D eigenvalue weighted by Gasteiger charge is 2.21. The number of nitrogens with zero attached hydrogens (tertiary/aromatic N) is 1. The summed E-state index contributed by atoms with van der Waals surface area (Å²) in [7, 11) is 1.77. The smallest absolute Gasteiger partial charge is 0.221 e. The van der Waals surface area contributed by atoms with Crippen LogP contribution in [0.5, 0.6) is 0 Å². The van der Waals surface area contributed by atoms with Gasteiger partial charge in [0.1, 0.15) is 0 Å². The molecule has 0 atom stereocenters. The van der Waals surface area contributed by atoms with E-state index >= 15 is 0 Å². The maximum absolute atomic E-state index is 11.8. The van der Waals surface area contributed by atoms with Gasteiger partial charge in [0.25, 0.3) is 0 Å². The molecule has 0 radical (unpaired) electrons. The van der Waals surface area contributed by atoms with Gasteiger partial charge in [-0.15, -0.1) is 24.0 Å². The van der Waals surface area contributed by atoms with Gasteiger partial charge in [-0.25, -0.2) is 0 Å². The topological polar surface area (TPSA) is 65.5 Å². The molecule has 2 aliphatic rings. The molecular weight excluding hydrogens is 379 g/mol. The third-order valence-corrected chi connectivity index (χ3v) is 4.09. The maximum atomic E-state index is 11.8. The van der Waals surface area contributed by atoms with Crippen molar-refractivity contribution in [1.29, 1.82) is 0 Å². The average Bonchev–Trinajstić information content (AvgIpc) is 3.28. The van der Waals surface area contributed by atoms with Crippen LogP contribution in [0.25, 0.3) is 0 Å². The molecule has 122 valence electrons. The Labute approximate surface area is 145 Å². The van der Waals surface area contributed by atoms with Crippen molar-refractivity contribution in [3.63, 3.8) is 0 Å². The third-order valence-electron chi connectivity index (χ3n) is 4.09. The van der Waals surface area contributed by atoms with Gasteiger partial charge < -0.3 is 16.0 Å². The van der Waals surface area contributed by atoms with Crippen LogP contribution in [0.15, 0.2) is 4.99 Å². The normalized spacial score (nSPS) is 19.6. The lowest BCUT2D eigenvalue weighted by Gasteiger charge is -2.22. The molecule has 0 aliphatic heterocycles. The van der Waals surface area contributed by atoms with Crippen LogP contribution in [0.2, 0.25) is 0 Å². The summed E-state index contributed by atoms with van der Waals surface area (Å²) in [5.74, 6) is 1.78. The maximum Gasteiger partial charge on any atom is 0.221 e. The Kier molecular flexibility index (Phi) is 9.03. The molecule has 0 spiro atoms. The number of amides is 1. The molecule has 5 nitrogen and oxygen atoms in total. The number of hydrogen-bond acceptors (Lipinski definition) is 2. The number of halogens is 1. The molecule has 0 heterocycles. The Morgan fingerprint density at radius 3 is 2.43 bits per heavy atom. The fourth-order valence-corrected chi connectivity index (χ4v) is 2.62. The molecule has 0 aromatic rings. The summed E-state index contributed by atoms with van der Waals surface area (Å²) in [5.41, 5.74) is 0. The molecule has 0 saturated heterocycles. The van der Waals surface area contributed by atoms with Gasteiger partial charge in [0.05, 0.1) is 0 Å². The van der Waals surface area contributed by atoms with Crippen LogP contribution < -0.4 is 16.0 Å². The lowest BCUT2D eigenvalue weighted by Crippen LogP contribution is -2.41. The number of aliphatic imine (C=N–C) groups is 1. The van der Waals surface area contributed by atoms with Crippen LogP contribution >= 0.6 is 24.0 Å². The highest BCUT2D eigenvalue weighted by atomic mass is 127. The van der Waals surface area contributed by atoms with E-state index in [1.54, 1.807) is 7.05 Å². The zero-order valence-corrected chi connectivity index (χ0v) is 15.3. The SMILES string of the molecule is CN=C(NCCC(=O)NC1CCCCC1)NCC1CC1.I. The Hall–Kier alpha value is -0.530. The van der Waals surface area contributed by atoms with Crippen molar-refractivity contribution >= 4 is 35.8 Å². The summed E-state index contributed by atoms with van der Waals surface area (Å²) < 4.78 is 0. The summed E-state index contributed by atoms with van der Waals surface area (Å²) in [4.78, 5) is 16.0. The molecule has 6 heteroatoms. The lowest BCUT2D eigenvalue weighted by atomic mass is 9.95. The largest absolute Gasteiger partial charge is 0.356 e. The molecule has 2 rings (SSSR count). The Morgan fingerprint density at radius 2 is 1.81 bits per heavy atom. The average molecular weight is 408 g/mol. The predicted octanol–water partition coefficient (Wildman–Crippen LogP) is 2.02. The van der Waals surface area contributed by atoms with E-state index in [9.17, 15) is 4.79 Å². The zero-order valence-electron chi connectivity index (χ0n) is 13.0. The summed E-state index contributed by atoms with van der Waals surface area (Å²) >= 11 is 0. The first-order valence-electron chi connectivity index (χ1n) is 8.02. The molecule has 21 heavy (non-hydrogen) atoms. The van der Waals surface area contributed by atoms with Crippen molar-refractivity contribution < 1.29 is 4.79 Å². The monoisotopic (exact) mass is 408 g/mol. The highest BCUT2D eigenvalue weighted by Crippen LogP contribution is 2.27. The van der Waals surface area contributed by atoms with E-state index in [1.165, 1.54) is 32.1 Å². The van der Waals surface area contributed by atoms with Gasteiger partial charge in [-0.3, -0.25) is 9.79 Å². The Balaban J connectivity index is 0.00000220. The van der Waals surface area contributed by atoms with Crippen LogP contribution in [0.4, 0.5) is 0 Å². The minimum atomic E-state index is 0. The van der Waals surface area contributed by atoms with Gasteiger partial charge in [0.2, 0.25) is 5.91 Å². The lowest BCUT2D eigenvalue weighted by molar-refractivity contribution is -0.121. The van der Waals surface area contributed by atoms with Gasteiger partial charge in [-0.2, -0.15) is 0 Å². The van der Waals surface area contributed by atoms with Crippen LogP contribution in [0.1, 0.15) is 51.4 Å². The van der Waals surface area contributed by atoms with Crippen molar-refractivity contribution in [3.8, 4) is 0 Å². The molecule has 2 saturated carbocycles. The molecule has 0 unspecified atom stereocenters. The summed E-state index contributed by atoms with van der Waals surface area (Å²) in [5, 5.41) is 9.62. The third kappa shape index (κ3) is 7.87. The molecular formula is C15H29IN4O. The van der Waals surface area contributed by atoms with Crippen LogP contribution in [-0.2, 0) is 4.79 Å². The number of rotatable bonds is 6. The van der Waals surface area contributed by atoms with Gasteiger partial charge in [-0.05, 0) is 31.6 Å². The van der Waals surface area contributed by atoms with Crippen molar-refractivity contribution in [2.75, 3.05) is 20.1 Å². The van der Waals surface area contributed by atoms with Crippen LogP contribution in [0.3, 0.4) is 0 Å². The molecule has 3 N–H and O–H groups in total. The van der Waals surface area contributed by atoms with Crippen LogP contribution in [0, 0.1) is 5.92 Å². The molecule has 1 amide bonds. The first kappa shape index (κ1) is 18.5. The fraction of sp³-hybridized carbons (Fsp3) is 0.867. The van der Waals surface area contributed by atoms with Crippen molar-refractivity contribution in [1.82, 2.24) is 16.0 Å². The molecule has 0 aromatic carbocycles. The second kappa shape index (κ2) is 10.2. The second-order valence-electron chi connectivity index (χ2n) is 5.98. The Bertz CT molecular complexity index is 339. The summed E-state index contributed by atoms with van der Waals surface area (Å²) in [6, 6.07) is 0.406. The fourth-order valence-electron chi connectivity index (χ4n) is 2.62. The number of hydrogen-bond donors (Lipinski definition) is 3. The van der Waals surface area contributed by atoms with E-state index in [2.05, 4.69) is 20.9 Å². The number of nitrogens with one attached hydrogen (secondary N) is 3. The Morgan fingerprint density at radius 1 is 1.10 bits per heavy atom. The van der Waals surface area contributed by atoms with E-state index in [4.69, 9.17) is 0 Å². The highest BCUT2D eigenvalue weighted by molar-refractivity contribution is 14.0. The molecule has 0 bridgehead atoms. The zero-order chi connectivity index (χ0) is 14.2. The molecule has 2 aliphatic carbocycles. The van der Waals surface area contributed by atoms with E-state index in [0.717, 1.165) is 31.3 Å². The quantitative estimate of drug-likeness (QED) is 0.358. The van der Waals surface area contributed by atoms with Crippen LogP contribution in [-0.4, -0.2) is 38.0 Å². The molecule has 2 fully saturated rings. The van der Waals surface area contributed by atoms with Crippen molar-refractivity contribution in [2.45, 2.75) is 57.4 Å². The van der Waals surface area contributed by atoms with Crippen molar-refractivity contribution in [3.05, 3.63) is 0 Å². The first-order valence-corrected chi connectivity index (χ1v) is 8.02. The van der Waals surface area contributed by atoms with Gasteiger partial charge in [-0.1, -0.05) is 19.3 Å².